The number of thiophene rings is 1. The lowest BCUT2D eigenvalue weighted by Gasteiger charge is -2.25. The Balaban J connectivity index is 2.59. The summed E-state index contributed by atoms with van der Waals surface area (Å²) < 4.78 is 0. The number of nitrogens with one attached hydrogen (secondary N) is 1. The largest absolute Gasteiger partial charge is 0.315 e. The molecular weight excluding hydrogens is 270 g/mol. The van der Waals surface area contributed by atoms with Crippen molar-refractivity contribution < 1.29 is 4.79 Å². The molecule has 1 heterocycles. The van der Waals surface area contributed by atoms with Gasteiger partial charge in [0.25, 0.3) is 0 Å². The van der Waals surface area contributed by atoms with Crippen LogP contribution in [0.2, 0.25) is 0 Å². The first-order chi connectivity index (χ1) is 9.42. The second-order valence-corrected chi connectivity index (χ2v) is 6.72. The van der Waals surface area contributed by atoms with Gasteiger partial charge in [-0.25, -0.2) is 0 Å². The van der Waals surface area contributed by atoms with Crippen molar-refractivity contribution in [3.05, 3.63) is 17.0 Å². The highest BCUT2D eigenvalue weighted by molar-refractivity contribution is 7.14. The predicted octanol–water partition coefficient (Wildman–Crippen LogP) is 3.17. The van der Waals surface area contributed by atoms with Crippen LogP contribution in [-0.2, 0) is 4.79 Å². The van der Waals surface area contributed by atoms with Gasteiger partial charge in [0.1, 0.15) is 11.1 Å². The lowest BCUT2D eigenvalue weighted by molar-refractivity contribution is -0.117. The van der Waals surface area contributed by atoms with Crippen LogP contribution in [0.5, 0.6) is 0 Å². The molecule has 1 amide bonds. The summed E-state index contributed by atoms with van der Waals surface area (Å²) >= 11 is 1.38. The maximum Gasteiger partial charge on any atom is 0.239 e. The third-order valence-electron chi connectivity index (χ3n) is 2.65. The number of hydrogen-bond acceptors (Lipinski definition) is 4. The standard InChI is InChI=1S/C15H23N3OS/c1-11(2)8-18(9-12(3)4)10-14(19)17-15-13(7-16)5-6-20-15/h5-6,11-12H,8-10H2,1-4H3,(H,17,19). The van der Waals surface area contributed by atoms with E-state index < -0.39 is 0 Å². The fourth-order valence-corrected chi connectivity index (χ4v) is 2.85. The quantitative estimate of drug-likeness (QED) is 0.840. The molecule has 0 atom stereocenters. The summed E-state index contributed by atoms with van der Waals surface area (Å²) in [5.74, 6) is 1.00. The van der Waals surface area contributed by atoms with E-state index in [9.17, 15) is 4.79 Å². The number of hydrogen-bond donors (Lipinski definition) is 1. The van der Waals surface area contributed by atoms with Crippen molar-refractivity contribution >= 4 is 22.2 Å². The number of carbonyl (C=O) groups is 1. The average Bonchev–Trinajstić information content (AvgIpc) is 2.73. The van der Waals surface area contributed by atoms with Crippen molar-refractivity contribution in [1.82, 2.24) is 4.90 Å². The maximum atomic E-state index is 12.1. The molecular formula is C15H23N3OS. The average molecular weight is 293 g/mol. The SMILES string of the molecule is CC(C)CN(CC(=O)Nc1sccc1C#N)CC(C)C. The molecule has 1 aromatic rings. The van der Waals surface area contributed by atoms with Gasteiger partial charge in [-0.15, -0.1) is 11.3 Å². The first-order valence-electron chi connectivity index (χ1n) is 6.92. The minimum Gasteiger partial charge on any atom is -0.315 e. The van der Waals surface area contributed by atoms with Crippen molar-refractivity contribution in [2.24, 2.45) is 11.8 Å². The second kappa shape index (κ2) is 8.03. The summed E-state index contributed by atoms with van der Waals surface area (Å²) in [5.41, 5.74) is 0.530. The van der Waals surface area contributed by atoms with Gasteiger partial charge in [0.15, 0.2) is 0 Å². The first-order valence-corrected chi connectivity index (χ1v) is 7.80. The maximum absolute atomic E-state index is 12.1. The van der Waals surface area contributed by atoms with Gasteiger partial charge in [0.2, 0.25) is 5.91 Å². The summed E-state index contributed by atoms with van der Waals surface area (Å²) in [4.78, 5) is 14.3. The van der Waals surface area contributed by atoms with E-state index >= 15 is 0 Å². The topological polar surface area (TPSA) is 56.1 Å². The molecule has 20 heavy (non-hydrogen) atoms. The van der Waals surface area contributed by atoms with E-state index in [0.29, 0.717) is 28.9 Å². The molecule has 0 saturated carbocycles. The van der Waals surface area contributed by atoms with Crippen LogP contribution in [0.25, 0.3) is 0 Å². The van der Waals surface area contributed by atoms with E-state index in [-0.39, 0.29) is 5.91 Å². The van der Waals surface area contributed by atoms with Gasteiger partial charge in [-0.1, -0.05) is 27.7 Å². The molecule has 0 saturated heterocycles. The fourth-order valence-electron chi connectivity index (χ4n) is 2.10. The molecule has 1 aromatic heterocycles. The van der Waals surface area contributed by atoms with Crippen LogP contribution in [0.3, 0.4) is 0 Å². The summed E-state index contributed by atoms with van der Waals surface area (Å²) in [6.45, 7) is 10.8. The Bertz CT molecular complexity index is 464. The van der Waals surface area contributed by atoms with Crippen LogP contribution >= 0.6 is 11.3 Å². The molecule has 0 bridgehead atoms. The molecule has 0 aliphatic rings. The Morgan fingerprint density at radius 1 is 1.35 bits per heavy atom. The van der Waals surface area contributed by atoms with E-state index in [1.807, 2.05) is 5.38 Å². The van der Waals surface area contributed by atoms with Crippen LogP contribution < -0.4 is 5.32 Å². The van der Waals surface area contributed by atoms with E-state index in [2.05, 4.69) is 44.0 Å². The monoisotopic (exact) mass is 293 g/mol. The van der Waals surface area contributed by atoms with Crippen LogP contribution in [0, 0.1) is 23.2 Å². The molecule has 0 spiro atoms. The molecule has 0 unspecified atom stereocenters. The highest BCUT2D eigenvalue weighted by Gasteiger charge is 2.15. The Morgan fingerprint density at radius 3 is 2.45 bits per heavy atom. The zero-order valence-corrected chi connectivity index (χ0v) is 13.5. The van der Waals surface area contributed by atoms with Gasteiger partial charge in [-0.3, -0.25) is 9.69 Å². The third kappa shape index (κ3) is 5.72. The molecule has 0 aromatic carbocycles. The first kappa shape index (κ1) is 16.7. The number of nitriles is 1. The number of nitrogens with zero attached hydrogens (tertiary/aromatic N) is 2. The van der Waals surface area contributed by atoms with Crippen molar-refractivity contribution in [1.29, 1.82) is 5.26 Å². The number of amides is 1. The Kier molecular flexibility index (Phi) is 6.69. The van der Waals surface area contributed by atoms with Gasteiger partial charge in [0, 0.05) is 13.1 Å². The molecule has 1 rings (SSSR count). The van der Waals surface area contributed by atoms with Crippen molar-refractivity contribution in [3.8, 4) is 6.07 Å². The fraction of sp³-hybridized carbons (Fsp3) is 0.600. The summed E-state index contributed by atoms with van der Waals surface area (Å²) in [5, 5.41) is 14.2. The molecule has 1 N–H and O–H groups in total. The van der Waals surface area contributed by atoms with Gasteiger partial charge in [-0.05, 0) is 23.3 Å². The van der Waals surface area contributed by atoms with Gasteiger partial charge in [0.05, 0.1) is 12.1 Å². The third-order valence-corrected chi connectivity index (χ3v) is 3.48. The number of rotatable bonds is 7. The summed E-state index contributed by atoms with van der Waals surface area (Å²) in [7, 11) is 0. The van der Waals surface area contributed by atoms with E-state index in [1.165, 1.54) is 11.3 Å². The van der Waals surface area contributed by atoms with Gasteiger partial charge in [-0.2, -0.15) is 5.26 Å². The van der Waals surface area contributed by atoms with Crippen LogP contribution in [0.15, 0.2) is 11.4 Å². The zero-order chi connectivity index (χ0) is 15.1. The minimum absolute atomic E-state index is 0.0507. The summed E-state index contributed by atoms with van der Waals surface area (Å²) in [6, 6.07) is 3.80. The lowest BCUT2D eigenvalue weighted by Crippen LogP contribution is -2.38. The minimum atomic E-state index is -0.0507. The van der Waals surface area contributed by atoms with Crippen LogP contribution in [-0.4, -0.2) is 30.4 Å². The van der Waals surface area contributed by atoms with Crippen LogP contribution in [0.4, 0.5) is 5.00 Å². The van der Waals surface area contributed by atoms with Gasteiger partial charge < -0.3 is 5.32 Å². The Morgan fingerprint density at radius 2 is 1.95 bits per heavy atom. The van der Waals surface area contributed by atoms with Crippen molar-refractivity contribution in [2.75, 3.05) is 25.0 Å². The Hall–Kier alpha value is -1.38. The molecule has 4 nitrogen and oxygen atoms in total. The van der Waals surface area contributed by atoms with E-state index in [4.69, 9.17) is 5.26 Å². The molecule has 110 valence electrons. The van der Waals surface area contributed by atoms with E-state index in [1.54, 1.807) is 6.07 Å². The number of anilines is 1. The molecule has 0 aliphatic carbocycles. The molecule has 0 aliphatic heterocycles. The Labute approximate surface area is 125 Å². The predicted molar refractivity (Wildman–Crippen MR) is 83.8 cm³/mol. The van der Waals surface area contributed by atoms with Crippen molar-refractivity contribution in [2.45, 2.75) is 27.7 Å². The normalized spacial score (nSPS) is 11.1. The molecule has 5 heteroatoms. The molecule has 0 radical (unpaired) electrons. The van der Waals surface area contributed by atoms with Crippen LogP contribution in [0.1, 0.15) is 33.3 Å². The number of carbonyl (C=O) groups excluding carboxylic acids is 1. The highest BCUT2D eigenvalue weighted by atomic mass is 32.1. The van der Waals surface area contributed by atoms with Gasteiger partial charge >= 0.3 is 0 Å². The molecule has 0 fully saturated rings. The van der Waals surface area contributed by atoms with E-state index in [0.717, 1.165) is 13.1 Å². The second-order valence-electron chi connectivity index (χ2n) is 5.81. The summed E-state index contributed by atoms with van der Waals surface area (Å²) in [6.07, 6.45) is 0. The zero-order valence-electron chi connectivity index (χ0n) is 12.6. The lowest BCUT2D eigenvalue weighted by atomic mass is 10.1. The van der Waals surface area contributed by atoms with Crippen molar-refractivity contribution in [3.63, 3.8) is 0 Å². The highest BCUT2D eigenvalue weighted by Crippen LogP contribution is 2.22. The smallest absolute Gasteiger partial charge is 0.239 e.